The number of halogens is 3. The van der Waals surface area contributed by atoms with Crippen LogP contribution in [0.5, 0.6) is 0 Å². The Hall–Kier alpha value is -4.14. The number of hydrogen-bond acceptors (Lipinski definition) is 3. The Morgan fingerprint density at radius 2 is 1.86 bits per heavy atom. The van der Waals surface area contributed by atoms with Crippen molar-refractivity contribution in [3.63, 3.8) is 0 Å². The van der Waals surface area contributed by atoms with E-state index < -0.39 is 17.7 Å². The number of amides is 1. The molecule has 1 aliphatic rings. The van der Waals surface area contributed by atoms with Crippen LogP contribution in [-0.4, -0.2) is 38.0 Å². The van der Waals surface area contributed by atoms with Crippen LogP contribution >= 0.6 is 0 Å². The Labute approximate surface area is 211 Å². The predicted molar refractivity (Wildman–Crippen MR) is 131 cm³/mol. The molecule has 3 heterocycles. The van der Waals surface area contributed by atoms with Gasteiger partial charge < -0.3 is 14.6 Å². The highest BCUT2D eigenvalue weighted by molar-refractivity contribution is 5.89. The van der Waals surface area contributed by atoms with Gasteiger partial charge in [-0.05, 0) is 65.9 Å². The van der Waals surface area contributed by atoms with Crippen molar-refractivity contribution in [3.8, 4) is 0 Å². The molecule has 0 fully saturated rings. The summed E-state index contributed by atoms with van der Waals surface area (Å²) in [6, 6.07) is 13.9. The number of hydrogen-bond donors (Lipinski definition) is 1. The zero-order valence-corrected chi connectivity index (χ0v) is 20.0. The van der Waals surface area contributed by atoms with Gasteiger partial charge >= 0.3 is 12.1 Å². The molecule has 2 aromatic carbocycles. The van der Waals surface area contributed by atoms with Gasteiger partial charge in [0.05, 0.1) is 24.1 Å². The molecule has 5 rings (SSSR count). The summed E-state index contributed by atoms with van der Waals surface area (Å²) in [5.41, 5.74) is 3.91. The zero-order chi connectivity index (χ0) is 26.3. The molecule has 1 amide bonds. The first-order chi connectivity index (χ1) is 17.6. The predicted octanol–water partition coefficient (Wildman–Crippen LogP) is 5.24. The monoisotopic (exact) mass is 507 g/mol. The summed E-state index contributed by atoms with van der Waals surface area (Å²) in [5, 5.41) is 10.2. The first kappa shape index (κ1) is 24.5. The van der Waals surface area contributed by atoms with E-state index in [1.54, 1.807) is 36.2 Å². The number of nitrogens with zero attached hydrogens (tertiary/aromatic N) is 3. The molecule has 0 spiro atoms. The molecular formula is C28H24F3N3O3. The smallest absolute Gasteiger partial charge is 0.416 e. The van der Waals surface area contributed by atoms with Gasteiger partial charge in [-0.3, -0.25) is 4.79 Å². The maximum absolute atomic E-state index is 13.3. The summed E-state index contributed by atoms with van der Waals surface area (Å²) in [4.78, 5) is 30.7. The highest BCUT2D eigenvalue weighted by atomic mass is 19.4. The number of benzene rings is 2. The largest absolute Gasteiger partial charge is 0.478 e. The molecule has 0 unspecified atom stereocenters. The second-order valence-corrected chi connectivity index (χ2v) is 9.28. The first-order valence-corrected chi connectivity index (χ1v) is 11.8. The third-order valence-electron chi connectivity index (χ3n) is 6.84. The normalized spacial score (nSPS) is 13.6. The molecule has 1 aliphatic heterocycles. The maximum atomic E-state index is 13.3. The van der Waals surface area contributed by atoms with Crippen molar-refractivity contribution in [2.45, 2.75) is 39.0 Å². The zero-order valence-electron chi connectivity index (χ0n) is 20.0. The lowest BCUT2D eigenvalue weighted by atomic mass is 10.0. The summed E-state index contributed by atoms with van der Waals surface area (Å²) in [6.45, 7) is 2.72. The lowest BCUT2D eigenvalue weighted by molar-refractivity contribution is -0.137. The van der Waals surface area contributed by atoms with Crippen LogP contribution in [0.3, 0.4) is 0 Å². The Morgan fingerprint density at radius 1 is 1.05 bits per heavy atom. The highest BCUT2D eigenvalue weighted by Gasteiger charge is 2.31. The molecule has 1 N–H and O–H groups in total. The van der Waals surface area contributed by atoms with Crippen LogP contribution in [0.4, 0.5) is 13.2 Å². The molecule has 6 nitrogen and oxygen atoms in total. The van der Waals surface area contributed by atoms with Gasteiger partial charge in [-0.1, -0.05) is 24.3 Å². The van der Waals surface area contributed by atoms with E-state index in [1.165, 1.54) is 12.1 Å². The summed E-state index contributed by atoms with van der Waals surface area (Å²) in [6.07, 6.45) is -2.04. The third kappa shape index (κ3) is 4.81. The number of carbonyl (C=O) groups excluding carboxylic acids is 1. The van der Waals surface area contributed by atoms with Crippen molar-refractivity contribution in [3.05, 3.63) is 99.9 Å². The number of fused-ring (bicyclic) bond motifs is 3. The van der Waals surface area contributed by atoms with Gasteiger partial charge in [0.15, 0.2) is 0 Å². The quantitative estimate of drug-likeness (QED) is 0.401. The first-order valence-electron chi connectivity index (χ1n) is 11.8. The van der Waals surface area contributed by atoms with E-state index in [4.69, 9.17) is 0 Å². The Bertz CT molecular complexity index is 1520. The Balaban J connectivity index is 1.44. The molecule has 4 aromatic rings. The van der Waals surface area contributed by atoms with Crippen LogP contribution in [0.15, 0.2) is 60.8 Å². The molecule has 0 saturated heterocycles. The molecule has 2 aromatic heterocycles. The van der Waals surface area contributed by atoms with Gasteiger partial charge in [0.1, 0.15) is 5.65 Å². The van der Waals surface area contributed by atoms with Gasteiger partial charge in [-0.25, -0.2) is 9.78 Å². The Kier molecular flexibility index (Phi) is 6.23. The van der Waals surface area contributed by atoms with E-state index in [9.17, 15) is 27.9 Å². The van der Waals surface area contributed by atoms with E-state index in [0.717, 1.165) is 34.3 Å². The van der Waals surface area contributed by atoms with E-state index in [1.807, 2.05) is 16.7 Å². The van der Waals surface area contributed by atoms with Gasteiger partial charge in [-0.2, -0.15) is 13.2 Å². The lowest BCUT2D eigenvalue weighted by Gasteiger charge is -2.29. The standard InChI is InChI=1S/C28H24F3N3O3/c1-17-12-18(7-8-21(17)27(36)37)14-25(35)33-11-9-22-23-6-3-10-32-26(23)34(24(22)16-33)15-19-4-2-5-20(13-19)28(29,30)31/h2-8,10,12-13H,9,11,14-16H2,1H3,(H,36,37). The van der Waals surface area contributed by atoms with E-state index in [0.29, 0.717) is 36.3 Å². The highest BCUT2D eigenvalue weighted by Crippen LogP contribution is 2.33. The average molecular weight is 508 g/mol. The van der Waals surface area contributed by atoms with E-state index >= 15 is 0 Å². The fourth-order valence-electron chi connectivity index (χ4n) is 5.03. The molecule has 0 bridgehead atoms. The Morgan fingerprint density at radius 3 is 2.59 bits per heavy atom. The van der Waals surface area contributed by atoms with Crippen LogP contribution in [-0.2, 0) is 36.9 Å². The molecule has 9 heteroatoms. The number of alkyl halides is 3. The van der Waals surface area contributed by atoms with Gasteiger partial charge in [0.2, 0.25) is 5.91 Å². The number of aromatic nitrogens is 2. The second-order valence-electron chi connectivity index (χ2n) is 9.28. The fraction of sp³-hybridized carbons (Fsp3) is 0.250. The number of aryl methyl sites for hydroxylation is 1. The van der Waals surface area contributed by atoms with Gasteiger partial charge in [0.25, 0.3) is 0 Å². The second kappa shape index (κ2) is 9.38. The minimum Gasteiger partial charge on any atom is -0.478 e. The molecule has 37 heavy (non-hydrogen) atoms. The number of carbonyl (C=O) groups is 2. The van der Waals surface area contributed by atoms with E-state index in [-0.39, 0.29) is 24.4 Å². The van der Waals surface area contributed by atoms with Gasteiger partial charge in [0, 0.05) is 30.4 Å². The van der Waals surface area contributed by atoms with Gasteiger partial charge in [-0.15, -0.1) is 0 Å². The average Bonchev–Trinajstić information content (AvgIpc) is 3.16. The number of carboxylic acid groups (broad SMARTS) is 1. The number of pyridine rings is 1. The van der Waals surface area contributed by atoms with Crippen molar-refractivity contribution in [2.24, 2.45) is 0 Å². The fourth-order valence-corrected chi connectivity index (χ4v) is 5.03. The third-order valence-corrected chi connectivity index (χ3v) is 6.84. The number of aromatic carboxylic acids is 1. The minimum absolute atomic E-state index is 0.100. The van der Waals surface area contributed by atoms with Crippen molar-refractivity contribution < 1.29 is 27.9 Å². The maximum Gasteiger partial charge on any atom is 0.416 e. The minimum atomic E-state index is -4.43. The summed E-state index contributed by atoms with van der Waals surface area (Å²) >= 11 is 0. The van der Waals surface area contributed by atoms with Crippen molar-refractivity contribution in [1.82, 2.24) is 14.5 Å². The van der Waals surface area contributed by atoms with Crippen LogP contribution in [0.2, 0.25) is 0 Å². The van der Waals surface area contributed by atoms with Crippen LogP contribution in [0, 0.1) is 6.92 Å². The van der Waals surface area contributed by atoms with Crippen LogP contribution in [0.25, 0.3) is 11.0 Å². The van der Waals surface area contributed by atoms with Crippen LogP contribution < -0.4 is 0 Å². The van der Waals surface area contributed by atoms with Crippen LogP contribution in [0.1, 0.15) is 43.9 Å². The summed E-state index contributed by atoms with van der Waals surface area (Å²) < 4.78 is 41.8. The molecule has 0 saturated carbocycles. The molecule has 0 radical (unpaired) electrons. The number of carboxylic acids is 1. The molecular weight excluding hydrogens is 483 g/mol. The SMILES string of the molecule is Cc1cc(CC(=O)N2CCc3c(n(Cc4cccc(C(F)(F)F)c4)c4ncccc34)C2)ccc1C(=O)O. The molecule has 0 atom stereocenters. The van der Waals surface area contributed by atoms with Crippen molar-refractivity contribution in [2.75, 3.05) is 6.54 Å². The molecule has 190 valence electrons. The summed E-state index contributed by atoms with van der Waals surface area (Å²) in [7, 11) is 0. The van der Waals surface area contributed by atoms with Crippen molar-refractivity contribution in [1.29, 1.82) is 0 Å². The van der Waals surface area contributed by atoms with E-state index in [2.05, 4.69) is 4.98 Å². The summed E-state index contributed by atoms with van der Waals surface area (Å²) in [5.74, 6) is -1.11. The lowest BCUT2D eigenvalue weighted by Crippen LogP contribution is -2.37. The molecule has 0 aliphatic carbocycles. The van der Waals surface area contributed by atoms with Crippen molar-refractivity contribution >= 4 is 22.9 Å². The number of rotatable bonds is 5. The topological polar surface area (TPSA) is 75.4 Å².